The number of hydrogen-bond donors (Lipinski definition) is 2. The summed E-state index contributed by atoms with van der Waals surface area (Å²) in [5.74, 6) is 0.0315. The van der Waals surface area contributed by atoms with Gasteiger partial charge in [-0.3, -0.25) is 4.72 Å². The number of benzene rings is 2. The van der Waals surface area contributed by atoms with Gasteiger partial charge in [0.2, 0.25) is 16.0 Å². The third kappa shape index (κ3) is 4.86. The molecule has 0 atom stereocenters. The van der Waals surface area contributed by atoms with Crippen molar-refractivity contribution in [1.82, 2.24) is 14.6 Å². The third-order valence-corrected chi connectivity index (χ3v) is 5.10. The topological polar surface area (TPSA) is 115 Å². The van der Waals surface area contributed by atoms with Crippen molar-refractivity contribution in [2.24, 2.45) is 0 Å². The van der Waals surface area contributed by atoms with Crippen molar-refractivity contribution in [2.45, 2.75) is 6.92 Å². The maximum atomic E-state index is 11.8. The Bertz CT molecular complexity index is 1360. The average molecular weight is 452 g/mol. The Morgan fingerprint density at radius 1 is 1.00 bits per heavy atom. The van der Waals surface area contributed by atoms with Crippen LogP contribution in [-0.2, 0) is 14.8 Å². The van der Waals surface area contributed by atoms with Gasteiger partial charge in [0.05, 0.1) is 24.1 Å². The lowest BCUT2D eigenvalue weighted by Crippen LogP contribution is -2.09. The van der Waals surface area contributed by atoms with Gasteiger partial charge in [0.25, 0.3) is 0 Å². The number of carbonyl (C=O) groups excluding carboxylic acids is 1. The van der Waals surface area contributed by atoms with Crippen LogP contribution < -0.4 is 10.0 Å². The lowest BCUT2D eigenvalue weighted by atomic mass is 10.1. The van der Waals surface area contributed by atoms with Gasteiger partial charge >= 0.3 is 5.97 Å². The van der Waals surface area contributed by atoms with E-state index in [1.54, 1.807) is 47.8 Å². The summed E-state index contributed by atoms with van der Waals surface area (Å²) in [5, 5.41) is 7.68. The minimum atomic E-state index is -3.34. The van der Waals surface area contributed by atoms with Crippen LogP contribution in [0.1, 0.15) is 17.3 Å². The zero-order valence-electron chi connectivity index (χ0n) is 17.4. The lowest BCUT2D eigenvalue weighted by molar-refractivity contribution is 0.0526. The molecule has 0 aliphatic heterocycles. The van der Waals surface area contributed by atoms with Gasteiger partial charge in [-0.1, -0.05) is 18.2 Å². The highest BCUT2D eigenvalue weighted by atomic mass is 32.2. The van der Waals surface area contributed by atoms with Crippen molar-refractivity contribution in [2.75, 3.05) is 22.9 Å². The monoisotopic (exact) mass is 451 g/mol. The predicted octanol–water partition coefficient (Wildman–Crippen LogP) is 3.69. The standard InChI is InChI=1S/C22H21N5O4S/c1-3-31-21(28)16-9-11-17(12-10-16)23-22-24-20-6-4-5-19(27(20)25-22)15-7-13-18(14-8-15)26-32(2,29)30/h4-14,26H,3H2,1-2H3,(H,23,25). The number of ether oxygens (including phenoxy) is 1. The fraction of sp³-hybridized carbons (Fsp3) is 0.136. The van der Waals surface area contributed by atoms with Crippen LogP contribution in [0.4, 0.5) is 17.3 Å². The van der Waals surface area contributed by atoms with Gasteiger partial charge in [0.1, 0.15) is 0 Å². The number of esters is 1. The van der Waals surface area contributed by atoms with Gasteiger partial charge in [0.15, 0.2) is 5.65 Å². The number of hydrogen-bond acceptors (Lipinski definition) is 7. The van der Waals surface area contributed by atoms with E-state index in [1.165, 1.54) is 0 Å². The second-order valence-electron chi connectivity index (χ2n) is 6.99. The molecule has 2 N–H and O–H groups in total. The van der Waals surface area contributed by atoms with E-state index in [0.29, 0.717) is 29.5 Å². The van der Waals surface area contributed by atoms with E-state index in [-0.39, 0.29) is 5.97 Å². The van der Waals surface area contributed by atoms with Crippen molar-refractivity contribution in [3.05, 3.63) is 72.3 Å². The Labute approximate surface area is 185 Å². The minimum absolute atomic E-state index is 0.323. The summed E-state index contributed by atoms with van der Waals surface area (Å²) in [6.45, 7) is 2.08. The first-order valence-electron chi connectivity index (χ1n) is 9.80. The highest BCUT2D eigenvalue weighted by Crippen LogP contribution is 2.24. The molecule has 2 heterocycles. The Kier molecular flexibility index (Phi) is 5.78. The molecule has 2 aromatic heterocycles. The summed E-state index contributed by atoms with van der Waals surface area (Å²) < 4.78 is 31.9. The number of fused-ring (bicyclic) bond motifs is 1. The van der Waals surface area contributed by atoms with Crippen molar-refractivity contribution in [1.29, 1.82) is 0 Å². The van der Waals surface area contributed by atoms with Crippen LogP contribution in [0.3, 0.4) is 0 Å². The second-order valence-corrected chi connectivity index (χ2v) is 8.74. The van der Waals surface area contributed by atoms with Crippen LogP contribution in [0.25, 0.3) is 16.9 Å². The average Bonchev–Trinajstić information content (AvgIpc) is 3.16. The van der Waals surface area contributed by atoms with E-state index in [4.69, 9.17) is 4.74 Å². The van der Waals surface area contributed by atoms with E-state index in [0.717, 1.165) is 23.2 Å². The fourth-order valence-corrected chi connectivity index (χ4v) is 3.70. The molecule has 0 saturated carbocycles. The van der Waals surface area contributed by atoms with Crippen molar-refractivity contribution >= 4 is 39.0 Å². The van der Waals surface area contributed by atoms with E-state index in [9.17, 15) is 13.2 Å². The molecular formula is C22H21N5O4S. The molecule has 0 unspecified atom stereocenters. The Hall–Kier alpha value is -3.92. The van der Waals surface area contributed by atoms with Crippen LogP contribution in [0.15, 0.2) is 66.7 Å². The van der Waals surface area contributed by atoms with E-state index < -0.39 is 10.0 Å². The highest BCUT2D eigenvalue weighted by molar-refractivity contribution is 7.92. The van der Waals surface area contributed by atoms with Gasteiger partial charge in [-0.05, 0) is 55.5 Å². The predicted molar refractivity (Wildman–Crippen MR) is 123 cm³/mol. The summed E-state index contributed by atoms with van der Waals surface area (Å²) in [6, 6.07) is 19.5. The summed E-state index contributed by atoms with van der Waals surface area (Å²) in [7, 11) is -3.34. The summed E-state index contributed by atoms with van der Waals surface area (Å²) in [6.07, 6.45) is 1.11. The SMILES string of the molecule is CCOC(=O)c1ccc(Nc2nc3cccc(-c4ccc(NS(C)(=O)=O)cc4)n3n2)cc1. The zero-order chi connectivity index (χ0) is 22.7. The van der Waals surface area contributed by atoms with Gasteiger partial charge in [0, 0.05) is 16.9 Å². The number of anilines is 3. The van der Waals surface area contributed by atoms with Crippen molar-refractivity contribution in [3.8, 4) is 11.3 Å². The normalized spacial score (nSPS) is 11.3. The third-order valence-electron chi connectivity index (χ3n) is 4.50. The molecule has 164 valence electrons. The number of rotatable bonds is 7. The molecule has 0 amide bonds. The lowest BCUT2D eigenvalue weighted by Gasteiger charge is -2.07. The van der Waals surface area contributed by atoms with E-state index >= 15 is 0 Å². The molecule has 0 aliphatic carbocycles. The molecule has 4 aromatic rings. The Balaban J connectivity index is 1.58. The first kappa shape index (κ1) is 21.3. The van der Waals surface area contributed by atoms with Crippen molar-refractivity contribution in [3.63, 3.8) is 0 Å². The summed E-state index contributed by atoms with van der Waals surface area (Å²) in [4.78, 5) is 16.3. The van der Waals surface area contributed by atoms with Crippen LogP contribution in [0.2, 0.25) is 0 Å². The van der Waals surface area contributed by atoms with Crippen LogP contribution in [-0.4, -0.2) is 41.8 Å². The fourth-order valence-electron chi connectivity index (χ4n) is 3.13. The first-order chi connectivity index (χ1) is 15.3. The van der Waals surface area contributed by atoms with Gasteiger partial charge in [-0.2, -0.15) is 4.98 Å². The second kappa shape index (κ2) is 8.67. The van der Waals surface area contributed by atoms with Gasteiger partial charge in [-0.25, -0.2) is 17.7 Å². The number of aromatic nitrogens is 3. The number of sulfonamides is 1. The van der Waals surface area contributed by atoms with Crippen LogP contribution in [0.5, 0.6) is 0 Å². The number of nitrogens with one attached hydrogen (secondary N) is 2. The van der Waals surface area contributed by atoms with Crippen molar-refractivity contribution < 1.29 is 17.9 Å². The molecule has 0 aliphatic rings. The number of pyridine rings is 1. The van der Waals surface area contributed by atoms with Gasteiger partial charge in [-0.15, -0.1) is 5.10 Å². The maximum Gasteiger partial charge on any atom is 0.338 e. The smallest absolute Gasteiger partial charge is 0.338 e. The largest absolute Gasteiger partial charge is 0.462 e. The highest BCUT2D eigenvalue weighted by Gasteiger charge is 2.11. The minimum Gasteiger partial charge on any atom is -0.462 e. The molecule has 2 aromatic carbocycles. The number of carbonyl (C=O) groups is 1. The molecule has 0 saturated heterocycles. The maximum absolute atomic E-state index is 11.8. The molecule has 0 fully saturated rings. The summed E-state index contributed by atoms with van der Waals surface area (Å²) >= 11 is 0. The molecule has 4 rings (SSSR count). The molecule has 0 radical (unpaired) electrons. The first-order valence-corrected chi connectivity index (χ1v) is 11.7. The molecule has 0 spiro atoms. The van der Waals surface area contributed by atoms with Gasteiger partial charge < -0.3 is 10.1 Å². The molecule has 32 heavy (non-hydrogen) atoms. The van der Waals surface area contributed by atoms with Crippen LogP contribution in [0, 0.1) is 0 Å². The molecule has 10 heteroatoms. The Morgan fingerprint density at radius 2 is 1.69 bits per heavy atom. The molecule has 0 bridgehead atoms. The zero-order valence-corrected chi connectivity index (χ0v) is 18.3. The molecular weight excluding hydrogens is 430 g/mol. The van der Waals surface area contributed by atoms with Crippen LogP contribution >= 0.6 is 0 Å². The van der Waals surface area contributed by atoms with E-state index in [1.807, 2.05) is 30.3 Å². The quantitative estimate of drug-likeness (QED) is 0.412. The Morgan fingerprint density at radius 3 is 2.34 bits per heavy atom. The van der Waals surface area contributed by atoms with E-state index in [2.05, 4.69) is 20.1 Å². The summed E-state index contributed by atoms with van der Waals surface area (Å²) in [5.41, 5.74) is 3.97. The number of nitrogens with zero attached hydrogens (tertiary/aromatic N) is 3. The molecule has 9 nitrogen and oxygen atoms in total.